The summed E-state index contributed by atoms with van der Waals surface area (Å²) in [7, 11) is 0. The van der Waals surface area contributed by atoms with E-state index in [2.05, 4.69) is 12.2 Å². The quantitative estimate of drug-likeness (QED) is 0.867. The zero-order valence-corrected chi connectivity index (χ0v) is 10.5. The molecule has 0 saturated carbocycles. The van der Waals surface area contributed by atoms with Gasteiger partial charge in [-0.2, -0.15) is 0 Å². The second-order valence-corrected chi connectivity index (χ2v) is 4.58. The second-order valence-electron chi connectivity index (χ2n) is 4.58. The molecule has 1 unspecified atom stereocenters. The summed E-state index contributed by atoms with van der Waals surface area (Å²) in [6.07, 6.45) is 3.59. The third kappa shape index (κ3) is 2.52. The fraction of sp³-hybridized carbons (Fsp3) is 0.615. The summed E-state index contributed by atoms with van der Waals surface area (Å²) in [5.74, 6) is 0.522. The Morgan fingerprint density at radius 1 is 1.65 bits per heavy atom. The number of aryl methyl sites for hydroxylation is 1. The van der Waals surface area contributed by atoms with Gasteiger partial charge in [0.25, 0.3) is 5.91 Å². The molecular formula is C13H20N2O2. The SMILES string of the molecule is CCCN(C(=O)c1occc1C)C1CCNC1. The fourth-order valence-corrected chi connectivity index (χ4v) is 2.32. The molecule has 2 heterocycles. The molecule has 4 nitrogen and oxygen atoms in total. The highest BCUT2D eigenvalue weighted by Crippen LogP contribution is 2.17. The molecule has 1 aliphatic heterocycles. The van der Waals surface area contributed by atoms with Crippen molar-refractivity contribution in [2.45, 2.75) is 32.7 Å². The molecule has 94 valence electrons. The van der Waals surface area contributed by atoms with Gasteiger partial charge in [0.05, 0.1) is 6.26 Å². The highest BCUT2D eigenvalue weighted by atomic mass is 16.3. The molecule has 1 saturated heterocycles. The van der Waals surface area contributed by atoms with Crippen LogP contribution in [0, 0.1) is 6.92 Å². The molecule has 0 bridgehead atoms. The van der Waals surface area contributed by atoms with Crippen LogP contribution in [-0.4, -0.2) is 36.5 Å². The van der Waals surface area contributed by atoms with Gasteiger partial charge in [-0.15, -0.1) is 0 Å². The van der Waals surface area contributed by atoms with Crippen LogP contribution < -0.4 is 5.32 Å². The predicted molar refractivity (Wildman–Crippen MR) is 66.0 cm³/mol. The van der Waals surface area contributed by atoms with Gasteiger partial charge < -0.3 is 14.6 Å². The Kier molecular flexibility index (Phi) is 3.84. The van der Waals surface area contributed by atoms with Crippen LogP contribution in [-0.2, 0) is 0 Å². The number of carbonyl (C=O) groups excluding carboxylic acids is 1. The van der Waals surface area contributed by atoms with Crippen molar-refractivity contribution < 1.29 is 9.21 Å². The maximum Gasteiger partial charge on any atom is 0.290 e. The fourth-order valence-electron chi connectivity index (χ4n) is 2.32. The summed E-state index contributed by atoms with van der Waals surface area (Å²) in [5.41, 5.74) is 0.919. The monoisotopic (exact) mass is 236 g/mol. The van der Waals surface area contributed by atoms with Crippen LogP contribution in [0.3, 0.4) is 0 Å². The van der Waals surface area contributed by atoms with Gasteiger partial charge in [-0.05, 0) is 32.4 Å². The summed E-state index contributed by atoms with van der Waals surface area (Å²) in [6.45, 7) is 6.69. The average molecular weight is 236 g/mol. The zero-order valence-electron chi connectivity index (χ0n) is 10.5. The maximum absolute atomic E-state index is 12.4. The minimum atomic E-state index is 0.0306. The van der Waals surface area contributed by atoms with Crippen LogP contribution in [0.1, 0.15) is 35.9 Å². The molecule has 0 spiro atoms. The highest BCUT2D eigenvalue weighted by Gasteiger charge is 2.28. The van der Waals surface area contributed by atoms with Crippen molar-refractivity contribution in [3.63, 3.8) is 0 Å². The molecule has 17 heavy (non-hydrogen) atoms. The molecule has 2 rings (SSSR count). The molecule has 0 aliphatic carbocycles. The smallest absolute Gasteiger partial charge is 0.290 e. The second kappa shape index (κ2) is 5.36. The lowest BCUT2D eigenvalue weighted by Gasteiger charge is -2.27. The number of carbonyl (C=O) groups is 1. The van der Waals surface area contributed by atoms with Crippen molar-refractivity contribution in [3.8, 4) is 0 Å². The average Bonchev–Trinajstić information content (AvgIpc) is 2.95. The van der Waals surface area contributed by atoms with E-state index >= 15 is 0 Å². The number of hydrogen-bond acceptors (Lipinski definition) is 3. The number of hydrogen-bond donors (Lipinski definition) is 1. The van der Waals surface area contributed by atoms with E-state index in [9.17, 15) is 4.79 Å². The Balaban J connectivity index is 2.15. The number of amides is 1. The van der Waals surface area contributed by atoms with E-state index in [0.717, 1.165) is 38.0 Å². The van der Waals surface area contributed by atoms with E-state index in [1.807, 2.05) is 17.9 Å². The van der Waals surface area contributed by atoms with Crippen LogP contribution in [0.15, 0.2) is 16.7 Å². The van der Waals surface area contributed by atoms with Crippen molar-refractivity contribution in [3.05, 3.63) is 23.7 Å². The lowest BCUT2D eigenvalue weighted by atomic mass is 10.1. The normalized spacial score (nSPS) is 19.5. The Bertz CT molecular complexity index is 381. The first kappa shape index (κ1) is 12.2. The Hall–Kier alpha value is -1.29. The lowest BCUT2D eigenvalue weighted by Crippen LogP contribution is -2.42. The molecule has 1 N–H and O–H groups in total. The van der Waals surface area contributed by atoms with Crippen LogP contribution in [0.25, 0.3) is 0 Å². The van der Waals surface area contributed by atoms with Gasteiger partial charge in [-0.25, -0.2) is 0 Å². The van der Waals surface area contributed by atoms with Crippen LogP contribution >= 0.6 is 0 Å². The molecule has 1 aromatic heterocycles. The summed E-state index contributed by atoms with van der Waals surface area (Å²) in [6, 6.07) is 2.15. The predicted octanol–water partition coefficient (Wildman–Crippen LogP) is 1.80. The van der Waals surface area contributed by atoms with Crippen molar-refractivity contribution in [2.24, 2.45) is 0 Å². The molecule has 0 radical (unpaired) electrons. The Morgan fingerprint density at radius 3 is 3.00 bits per heavy atom. The number of furan rings is 1. The topological polar surface area (TPSA) is 45.5 Å². The summed E-state index contributed by atoms with van der Waals surface area (Å²) >= 11 is 0. The van der Waals surface area contributed by atoms with E-state index in [1.165, 1.54) is 0 Å². The van der Waals surface area contributed by atoms with E-state index in [0.29, 0.717) is 11.8 Å². The Morgan fingerprint density at radius 2 is 2.47 bits per heavy atom. The van der Waals surface area contributed by atoms with Gasteiger partial charge in [0.1, 0.15) is 0 Å². The third-order valence-electron chi connectivity index (χ3n) is 3.26. The van der Waals surface area contributed by atoms with Gasteiger partial charge in [0.15, 0.2) is 5.76 Å². The van der Waals surface area contributed by atoms with E-state index in [4.69, 9.17) is 4.42 Å². The van der Waals surface area contributed by atoms with Crippen LogP contribution in [0.2, 0.25) is 0 Å². The van der Waals surface area contributed by atoms with Crippen molar-refractivity contribution in [1.82, 2.24) is 10.2 Å². The van der Waals surface area contributed by atoms with Crippen LogP contribution in [0.5, 0.6) is 0 Å². The van der Waals surface area contributed by atoms with Gasteiger partial charge in [0.2, 0.25) is 0 Å². The molecule has 1 atom stereocenters. The summed E-state index contributed by atoms with van der Waals surface area (Å²) < 4.78 is 5.30. The minimum Gasteiger partial charge on any atom is -0.459 e. The number of rotatable bonds is 4. The van der Waals surface area contributed by atoms with Gasteiger partial charge in [0, 0.05) is 24.7 Å². The lowest BCUT2D eigenvalue weighted by molar-refractivity contribution is 0.0658. The highest BCUT2D eigenvalue weighted by molar-refractivity contribution is 5.93. The van der Waals surface area contributed by atoms with Gasteiger partial charge in [-0.1, -0.05) is 6.92 Å². The molecule has 1 fully saturated rings. The minimum absolute atomic E-state index is 0.0306. The van der Waals surface area contributed by atoms with Gasteiger partial charge in [-0.3, -0.25) is 4.79 Å². The van der Waals surface area contributed by atoms with Crippen LogP contribution in [0.4, 0.5) is 0 Å². The van der Waals surface area contributed by atoms with E-state index in [-0.39, 0.29) is 5.91 Å². The molecular weight excluding hydrogens is 216 g/mol. The van der Waals surface area contributed by atoms with Crippen molar-refractivity contribution in [2.75, 3.05) is 19.6 Å². The van der Waals surface area contributed by atoms with E-state index in [1.54, 1.807) is 6.26 Å². The first-order valence-electron chi connectivity index (χ1n) is 6.29. The number of nitrogens with zero attached hydrogens (tertiary/aromatic N) is 1. The molecule has 0 aromatic carbocycles. The first-order valence-corrected chi connectivity index (χ1v) is 6.29. The summed E-state index contributed by atoms with van der Waals surface area (Å²) in [5, 5.41) is 3.30. The van der Waals surface area contributed by atoms with Crippen molar-refractivity contribution in [1.29, 1.82) is 0 Å². The standard InChI is InChI=1S/C13H20N2O2/c1-3-7-15(11-4-6-14-9-11)13(16)12-10(2)5-8-17-12/h5,8,11,14H,3-4,6-7,9H2,1-2H3. The number of nitrogens with one attached hydrogen (secondary N) is 1. The maximum atomic E-state index is 12.4. The summed E-state index contributed by atoms with van der Waals surface area (Å²) in [4.78, 5) is 14.4. The molecule has 4 heteroatoms. The van der Waals surface area contributed by atoms with Crippen molar-refractivity contribution >= 4 is 5.91 Å². The van der Waals surface area contributed by atoms with Gasteiger partial charge >= 0.3 is 0 Å². The molecule has 1 aromatic rings. The Labute approximate surface area is 102 Å². The zero-order chi connectivity index (χ0) is 12.3. The largest absolute Gasteiger partial charge is 0.459 e. The third-order valence-corrected chi connectivity index (χ3v) is 3.26. The first-order chi connectivity index (χ1) is 8.24. The molecule has 1 aliphatic rings. The molecule has 1 amide bonds. The van der Waals surface area contributed by atoms with E-state index < -0.39 is 0 Å².